The van der Waals surface area contributed by atoms with Crippen molar-refractivity contribution >= 4 is 92.5 Å². The van der Waals surface area contributed by atoms with Crippen LogP contribution in [0.5, 0.6) is 0 Å². The lowest BCUT2D eigenvalue weighted by Gasteiger charge is -1.94. The Morgan fingerprint density at radius 3 is 1.15 bits per heavy atom. The van der Waals surface area contributed by atoms with Crippen LogP contribution in [0.15, 0.2) is 83.9 Å². The minimum absolute atomic E-state index is 0.116. The van der Waals surface area contributed by atoms with Gasteiger partial charge in [-0.05, 0) is 36.4 Å². The molecule has 0 fully saturated rings. The van der Waals surface area contributed by atoms with Crippen molar-refractivity contribution in [2.75, 3.05) is 0 Å². The lowest BCUT2D eigenvalue weighted by Crippen LogP contribution is -1.99. The van der Waals surface area contributed by atoms with E-state index in [9.17, 15) is 19.2 Å². The summed E-state index contributed by atoms with van der Waals surface area (Å²) in [7, 11) is 0. The van der Waals surface area contributed by atoms with Crippen molar-refractivity contribution in [2.45, 2.75) is 0 Å². The Morgan fingerprint density at radius 1 is 0.463 bits per heavy atom. The third-order valence-electron chi connectivity index (χ3n) is 6.88. The third-order valence-corrected chi connectivity index (χ3v) is 11.4. The van der Waals surface area contributed by atoms with Gasteiger partial charge in [0.05, 0.1) is 21.2 Å². The molecule has 2 aliphatic carbocycles. The second-order valence-electron chi connectivity index (χ2n) is 9.33. The highest BCUT2D eigenvalue weighted by atomic mass is 35.5. The minimum atomic E-state index is -0.291. The number of thiophene rings is 3. The minimum Gasteiger partial charge on any atom is -0.288 e. The smallest absolute Gasteiger partial charge is 0.197 e. The first-order chi connectivity index (χ1) is 19.8. The highest BCUT2D eigenvalue weighted by molar-refractivity contribution is 7.27. The zero-order valence-electron chi connectivity index (χ0n) is 20.7. The molecule has 2 aromatic carbocycles. The normalized spacial score (nSPS) is 14.2. The highest BCUT2D eigenvalue weighted by Crippen LogP contribution is 2.45. The molecule has 9 heteroatoms. The molecule has 0 spiro atoms. The number of hydrogen-bond donors (Lipinski definition) is 0. The van der Waals surface area contributed by atoms with Gasteiger partial charge in [-0.2, -0.15) is 0 Å². The van der Waals surface area contributed by atoms with E-state index in [1.165, 1.54) is 22.7 Å². The van der Waals surface area contributed by atoms with Gasteiger partial charge in [-0.25, -0.2) is 0 Å². The Balaban J connectivity index is 1.17. The van der Waals surface area contributed by atoms with Crippen molar-refractivity contribution in [3.05, 3.63) is 126 Å². The predicted molar refractivity (Wildman–Crippen MR) is 167 cm³/mol. The van der Waals surface area contributed by atoms with Gasteiger partial charge in [-0.1, -0.05) is 71.7 Å². The number of ketones is 4. The Labute approximate surface area is 255 Å². The molecule has 0 aliphatic heterocycles. The topological polar surface area (TPSA) is 68.3 Å². The van der Waals surface area contributed by atoms with Gasteiger partial charge in [-0.15, -0.1) is 34.0 Å². The van der Waals surface area contributed by atoms with Crippen molar-refractivity contribution in [3.63, 3.8) is 0 Å². The first-order valence-electron chi connectivity index (χ1n) is 12.3. The maximum Gasteiger partial charge on any atom is 0.197 e. The number of carbonyl (C=O) groups excluding carboxylic acids is 4. The molecule has 0 N–H and O–H groups in total. The molecule has 41 heavy (non-hydrogen) atoms. The number of halogens is 2. The molecule has 0 radical (unpaired) electrons. The molecule has 3 aromatic heterocycles. The summed E-state index contributed by atoms with van der Waals surface area (Å²) < 4.78 is 0. The Morgan fingerprint density at radius 2 is 0.805 bits per heavy atom. The van der Waals surface area contributed by atoms with Crippen LogP contribution < -0.4 is 0 Å². The molecule has 7 rings (SSSR count). The van der Waals surface area contributed by atoms with Crippen LogP contribution >= 0.6 is 57.2 Å². The van der Waals surface area contributed by atoms with E-state index in [1.54, 1.807) is 72.0 Å². The van der Waals surface area contributed by atoms with Crippen molar-refractivity contribution in [1.82, 2.24) is 0 Å². The average molecular weight is 630 g/mol. The SMILES string of the molecule is O=C1C(=Cc2sc(-c3ccc(-c4cc(Cl)c(C=C5C(=O)c6ccccc6C5=O)s4)s3)cc2Cl)C(=O)c2ccccc21. The molecule has 3 heterocycles. The summed E-state index contributed by atoms with van der Waals surface area (Å²) in [5.74, 6) is -1.17. The van der Waals surface area contributed by atoms with E-state index >= 15 is 0 Å². The van der Waals surface area contributed by atoms with E-state index < -0.39 is 0 Å². The molecule has 198 valence electrons. The van der Waals surface area contributed by atoms with Crippen LogP contribution in [0.3, 0.4) is 0 Å². The molecular weight excluding hydrogens is 615 g/mol. The molecule has 0 amide bonds. The fourth-order valence-corrected chi connectivity index (χ4v) is 8.72. The van der Waals surface area contributed by atoms with Crippen molar-refractivity contribution in [2.24, 2.45) is 0 Å². The zero-order valence-corrected chi connectivity index (χ0v) is 24.7. The summed E-state index contributed by atoms with van der Waals surface area (Å²) in [5.41, 5.74) is 1.88. The van der Waals surface area contributed by atoms with E-state index in [4.69, 9.17) is 23.2 Å². The zero-order chi connectivity index (χ0) is 28.4. The number of fused-ring (bicyclic) bond motifs is 2. The second kappa shape index (κ2) is 9.98. The molecule has 4 nitrogen and oxygen atoms in total. The summed E-state index contributed by atoms with van der Waals surface area (Å²) in [4.78, 5) is 56.3. The van der Waals surface area contributed by atoms with Crippen LogP contribution in [0.1, 0.15) is 51.2 Å². The maximum atomic E-state index is 12.8. The van der Waals surface area contributed by atoms with Crippen LogP contribution in [0, 0.1) is 0 Å². The second-order valence-corrected chi connectivity index (χ2v) is 13.4. The van der Waals surface area contributed by atoms with E-state index in [0.29, 0.717) is 42.1 Å². The first-order valence-corrected chi connectivity index (χ1v) is 15.5. The summed E-state index contributed by atoms with van der Waals surface area (Å²) in [5, 5.41) is 0.924. The van der Waals surface area contributed by atoms with Crippen molar-refractivity contribution < 1.29 is 19.2 Å². The van der Waals surface area contributed by atoms with Gasteiger partial charge in [0.2, 0.25) is 0 Å². The number of rotatable bonds is 4. The molecule has 0 atom stereocenters. The van der Waals surface area contributed by atoms with Gasteiger partial charge >= 0.3 is 0 Å². The maximum absolute atomic E-state index is 12.8. The fourth-order valence-electron chi connectivity index (χ4n) is 4.88. The molecule has 5 aromatic rings. The Bertz CT molecular complexity index is 1840. The number of benzene rings is 2. The number of allylic oxidation sites excluding steroid dienone is 2. The van der Waals surface area contributed by atoms with Crippen LogP contribution in [-0.2, 0) is 0 Å². The number of Topliss-reactive ketones (excluding diaryl/α,β-unsaturated/α-hetero) is 4. The number of hydrogen-bond acceptors (Lipinski definition) is 7. The van der Waals surface area contributed by atoms with Gasteiger partial charge in [0.1, 0.15) is 0 Å². The largest absolute Gasteiger partial charge is 0.288 e. The van der Waals surface area contributed by atoms with E-state index in [1.807, 2.05) is 24.3 Å². The lowest BCUT2D eigenvalue weighted by atomic mass is 10.1. The standard InChI is InChI=1S/C32H14Cl2O4S3/c33-21-13-27(40-25(21)11-19-29(35)15-5-1-2-6-16(15)30(19)36)23-9-10-24(39-23)28-14-22(34)26(41-28)12-20-31(37)17-7-3-4-8-18(17)32(20)38/h1-14H. The Hall–Kier alpha value is -3.72. The highest BCUT2D eigenvalue weighted by Gasteiger charge is 2.34. The van der Waals surface area contributed by atoms with Crippen molar-refractivity contribution in [1.29, 1.82) is 0 Å². The van der Waals surface area contributed by atoms with Gasteiger partial charge < -0.3 is 0 Å². The van der Waals surface area contributed by atoms with E-state index in [-0.39, 0.29) is 34.3 Å². The van der Waals surface area contributed by atoms with Crippen LogP contribution in [0.2, 0.25) is 10.0 Å². The summed E-state index contributed by atoms with van der Waals surface area (Å²) in [6.45, 7) is 0. The predicted octanol–water partition coefficient (Wildman–Crippen LogP) is 9.44. The quantitative estimate of drug-likeness (QED) is 0.147. The monoisotopic (exact) mass is 628 g/mol. The van der Waals surface area contributed by atoms with E-state index in [0.717, 1.165) is 19.5 Å². The Kier molecular flexibility index (Phi) is 6.37. The van der Waals surface area contributed by atoms with Crippen molar-refractivity contribution in [3.8, 4) is 19.5 Å². The average Bonchev–Trinajstić information content (AvgIpc) is 3.78. The first kappa shape index (κ1) is 26.2. The molecular formula is C32H14Cl2O4S3. The van der Waals surface area contributed by atoms with Gasteiger partial charge in [0, 0.05) is 51.5 Å². The summed E-state index contributed by atoms with van der Waals surface area (Å²) >= 11 is 17.4. The van der Waals surface area contributed by atoms with Gasteiger partial charge in [-0.3, -0.25) is 19.2 Å². The lowest BCUT2D eigenvalue weighted by molar-refractivity contribution is 0.0975. The van der Waals surface area contributed by atoms with Gasteiger partial charge in [0.15, 0.2) is 23.1 Å². The number of carbonyl (C=O) groups is 4. The van der Waals surface area contributed by atoms with Crippen LogP contribution in [-0.4, -0.2) is 23.1 Å². The summed E-state index contributed by atoms with van der Waals surface area (Å²) in [6.07, 6.45) is 3.16. The van der Waals surface area contributed by atoms with Gasteiger partial charge in [0.25, 0.3) is 0 Å². The third kappa shape index (κ3) is 4.33. The van der Waals surface area contributed by atoms with Crippen LogP contribution in [0.4, 0.5) is 0 Å². The fraction of sp³-hybridized carbons (Fsp3) is 0. The molecule has 0 bridgehead atoms. The van der Waals surface area contributed by atoms with Crippen LogP contribution in [0.25, 0.3) is 31.7 Å². The summed E-state index contributed by atoms with van der Waals surface area (Å²) in [6, 6.07) is 21.2. The molecule has 0 saturated carbocycles. The molecule has 2 aliphatic rings. The molecule has 0 saturated heterocycles. The molecule has 0 unspecified atom stereocenters. The van der Waals surface area contributed by atoms with E-state index in [2.05, 4.69) is 0 Å².